The Labute approximate surface area is 78.6 Å². The second-order valence-electron chi connectivity index (χ2n) is 3.18. The quantitative estimate of drug-likeness (QED) is 0.599. The number of hydrogen-bond donors (Lipinski definition) is 3. The van der Waals surface area contributed by atoms with Gasteiger partial charge in [0.25, 0.3) is 0 Å². The minimum atomic E-state index is -0.315. The van der Waals surface area contributed by atoms with Gasteiger partial charge in [0.1, 0.15) is 0 Å². The van der Waals surface area contributed by atoms with Crippen LogP contribution >= 0.6 is 0 Å². The van der Waals surface area contributed by atoms with Crippen molar-refractivity contribution in [1.29, 1.82) is 0 Å². The number of aliphatic hydroxyl groups excluding tert-OH is 1. The maximum Gasteiger partial charge on any atom is 0.0636 e. The first kappa shape index (κ1) is 10.0. The van der Waals surface area contributed by atoms with Gasteiger partial charge >= 0.3 is 0 Å². The molecule has 0 aliphatic rings. The number of anilines is 1. The highest BCUT2D eigenvalue weighted by molar-refractivity contribution is 5.46. The minimum absolute atomic E-state index is 0.315. The van der Waals surface area contributed by atoms with Crippen LogP contribution in [0.4, 0.5) is 5.69 Å². The molecular weight excluding hydrogens is 164 g/mol. The predicted molar refractivity (Wildman–Crippen MR) is 54.2 cm³/mol. The van der Waals surface area contributed by atoms with Crippen molar-refractivity contribution in [3.05, 3.63) is 29.8 Å². The smallest absolute Gasteiger partial charge is 0.0636 e. The summed E-state index contributed by atoms with van der Waals surface area (Å²) in [6.07, 6.45) is -0.315. The average molecular weight is 180 g/mol. The maximum absolute atomic E-state index is 9.01. The number of para-hydroxylation sites is 1. The summed E-state index contributed by atoms with van der Waals surface area (Å²) < 4.78 is 0. The van der Waals surface area contributed by atoms with Gasteiger partial charge in [-0.25, -0.2) is 0 Å². The highest BCUT2D eigenvalue weighted by atomic mass is 16.3. The fourth-order valence-corrected chi connectivity index (χ4v) is 1.11. The maximum atomic E-state index is 9.01. The number of nitrogens with two attached hydrogens (primary N) is 1. The third kappa shape index (κ3) is 3.44. The second kappa shape index (κ2) is 4.84. The normalized spacial score (nSPS) is 12.8. The van der Waals surface area contributed by atoms with Gasteiger partial charge in [0, 0.05) is 18.8 Å². The number of aliphatic hydroxyl groups is 1. The van der Waals surface area contributed by atoms with Gasteiger partial charge in [-0.3, -0.25) is 0 Å². The summed E-state index contributed by atoms with van der Waals surface area (Å²) in [5, 5.41) is 12.1. The van der Waals surface area contributed by atoms with E-state index in [1.54, 1.807) is 6.92 Å². The van der Waals surface area contributed by atoms with Gasteiger partial charge in [0.05, 0.1) is 6.10 Å². The first-order valence-corrected chi connectivity index (χ1v) is 4.42. The number of nitrogens with one attached hydrogen (secondary N) is 1. The molecule has 0 spiro atoms. The van der Waals surface area contributed by atoms with E-state index in [1.807, 2.05) is 24.3 Å². The Hall–Kier alpha value is -1.06. The molecule has 3 nitrogen and oxygen atoms in total. The van der Waals surface area contributed by atoms with Crippen LogP contribution in [-0.2, 0) is 6.54 Å². The number of nitrogen functional groups attached to an aromatic ring is 1. The zero-order valence-electron chi connectivity index (χ0n) is 7.83. The summed E-state index contributed by atoms with van der Waals surface area (Å²) in [5.74, 6) is 0. The predicted octanol–water partition coefficient (Wildman–Crippen LogP) is 0.739. The molecule has 0 heterocycles. The number of rotatable bonds is 4. The molecule has 1 aromatic rings. The van der Waals surface area contributed by atoms with Crippen LogP contribution in [0.25, 0.3) is 0 Å². The van der Waals surface area contributed by atoms with E-state index in [4.69, 9.17) is 10.8 Å². The van der Waals surface area contributed by atoms with Crippen LogP contribution in [0, 0.1) is 0 Å². The summed E-state index contributed by atoms with van der Waals surface area (Å²) in [6.45, 7) is 3.05. The van der Waals surface area contributed by atoms with Crippen molar-refractivity contribution in [2.45, 2.75) is 19.6 Å². The third-order valence-electron chi connectivity index (χ3n) is 1.81. The Kier molecular flexibility index (Phi) is 3.73. The van der Waals surface area contributed by atoms with Crippen molar-refractivity contribution in [2.24, 2.45) is 0 Å². The van der Waals surface area contributed by atoms with E-state index in [0.717, 1.165) is 11.3 Å². The van der Waals surface area contributed by atoms with Crippen LogP contribution in [0.3, 0.4) is 0 Å². The molecule has 0 aliphatic carbocycles. The molecule has 3 heteroatoms. The van der Waals surface area contributed by atoms with Crippen molar-refractivity contribution < 1.29 is 5.11 Å². The summed E-state index contributed by atoms with van der Waals surface area (Å²) in [5.41, 5.74) is 7.60. The Morgan fingerprint density at radius 3 is 2.77 bits per heavy atom. The van der Waals surface area contributed by atoms with Crippen LogP contribution < -0.4 is 11.1 Å². The Balaban J connectivity index is 2.41. The van der Waals surface area contributed by atoms with Gasteiger partial charge < -0.3 is 16.2 Å². The molecule has 1 rings (SSSR count). The second-order valence-corrected chi connectivity index (χ2v) is 3.18. The van der Waals surface area contributed by atoms with Crippen molar-refractivity contribution in [1.82, 2.24) is 5.32 Å². The van der Waals surface area contributed by atoms with Crippen molar-refractivity contribution in [3.63, 3.8) is 0 Å². The van der Waals surface area contributed by atoms with Crippen molar-refractivity contribution >= 4 is 5.69 Å². The van der Waals surface area contributed by atoms with E-state index in [1.165, 1.54) is 0 Å². The summed E-state index contributed by atoms with van der Waals surface area (Å²) >= 11 is 0. The lowest BCUT2D eigenvalue weighted by molar-refractivity contribution is 0.191. The number of hydrogen-bond acceptors (Lipinski definition) is 3. The van der Waals surface area contributed by atoms with Crippen LogP contribution in [0.1, 0.15) is 12.5 Å². The summed E-state index contributed by atoms with van der Waals surface area (Å²) in [6, 6.07) is 7.72. The molecule has 0 radical (unpaired) electrons. The van der Waals surface area contributed by atoms with E-state index >= 15 is 0 Å². The topological polar surface area (TPSA) is 58.3 Å². The molecule has 0 fully saturated rings. The SMILES string of the molecule is CC(O)CNCc1ccccc1N. The molecule has 0 bridgehead atoms. The van der Waals surface area contributed by atoms with E-state index in [0.29, 0.717) is 13.1 Å². The van der Waals surface area contributed by atoms with Gasteiger partial charge in [-0.1, -0.05) is 18.2 Å². The highest BCUT2D eigenvalue weighted by Gasteiger charge is 1.98. The molecule has 0 aliphatic heterocycles. The van der Waals surface area contributed by atoms with Gasteiger partial charge in [-0.05, 0) is 18.6 Å². The fraction of sp³-hybridized carbons (Fsp3) is 0.400. The Morgan fingerprint density at radius 2 is 2.15 bits per heavy atom. The first-order valence-electron chi connectivity index (χ1n) is 4.42. The standard InChI is InChI=1S/C10H16N2O/c1-8(13)6-12-7-9-4-2-3-5-10(9)11/h2-5,8,12-13H,6-7,11H2,1H3. The van der Waals surface area contributed by atoms with Gasteiger partial charge in [0.2, 0.25) is 0 Å². The lowest BCUT2D eigenvalue weighted by Gasteiger charge is -2.08. The molecule has 13 heavy (non-hydrogen) atoms. The molecule has 0 saturated heterocycles. The molecule has 1 unspecified atom stereocenters. The zero-order chi connectivity index (χ0) is 9.68. The number of benzene rings is 1. The monoisotopic (exact) mass is 180 g/mol. The summed E-state index contributed by atoms with van der Waals surface area (Å²) in [7, 11) is 0. The fourth-order valence-electron chi connectivity index (χ4n) is 1.11. The largest absolute Gasteiger partial charge is 0.398 e. The van der Waals surface area contributed by atoms with Crippen molar-refractivity contribution in [3.8, 4) is 0 Å². The van der Waals surface area contributed by atoms with Crippen LogP contribution in [0.5, 0.6) is 0 Å². The molecule has 0 saturated carbocycles. The summed E-state index contributed by atoms with van der Waals surface area (Å²) in [4.78, 5) is 0. The molecule has 0 aromatic heterocycles. The van der Waals surface area contributed by atoms with E-state index < -0.39 is 0 Å². The average Bonchev–Trinajstić information content (AvgIpc) is 2.08. The third-order valence-corrected chi connectivity index (χ3v) is 1.81. The lowest BCUT2D eigenvalue weighted by atomic mass is 10.2. The van der Waals surface area contributed by atoms with Gasteiger partial charge in [-0.2, -0.15) is 0 Å². The van der Waals surface area contributed by atoms with E-state index in [2.05, 4.69) is 5.32 Å². The van der Waals surface area contributed by atoms with Gasteiger partial charge in [0.15, 0.2) is 0 Å². The molecule has 72 valence electrons. The molecular formula is C10H16N2O. The lowest BCUT2D eigenvalue weighted by Crippen LogP contribution is -2.24. The van der Waals surface area contributed by atoms with Crippen LogP contribution in [0.15, 0.2) is 24.3 Å². The molecule has 0 amide bonds. The van der Waals surface area contributed by atoms with E-state index in [-0.39, 0.29) is 6.10 Å². The molecule has 1 aromatic carbocycles. The van der Waals surface area contributed by atoms with Crippen LogP contribution in [-0.4, -0.2) is 17.8 Å². The van der Waals surface area contributed by atoms with Crippen molar-refractivity contribution in [2.75, 3.05) is 12.3 Å². The highest BCUT2D eigenvalue weighted by Crippen LogP contribution is 2.09. The van der Waals surface area contributed by atoms with E-state index in [9.17, 15) is 0 Å². The van der Waals surface area contributed by atoms with Gasteiger partial charge in [-0.15, -0.1) is 0 Å². The molecule has 1 atom stereocenters. The Bertz CT molecular complexity index is 261. The first-order chi connectivity index (χ1) is 6.20. The minimum Gasteiger partial charge on any atom is -0.398 e. The Morgan fingerprint density at radius 1 is 1.46 bits per heavy atom. The molecule has 4 N–H and O–H groups in total. The van der Waals surface area contributed by atoms with Crippen LogP contribution in [0.2, 0.25) is 0 Å². The zero-order valence-corrected chi connectivity index (χ0v) is 7.83.